The summed E-state index contributed by atoms with van der Waals surface area (Å²) in [5.41, 5.74) is 14.7. The Hall–Kier alpha value is -11.1. The van der Waals surface area contributed by atoms with Crippen molar-refractivity contribution in [3.63, 3.8) is 0 Å². The normalized spacial score (nSPS) is 17.8. The highest BCUT2D eigenvalue weighted by Gasteiger charge is 2.30. The van der Waals surface area contributed by atoms with Crippen LogP contribution in [-0.4, -0.2) is 229 Å². The summed E-state index contributed by atoms with van der Waals surface area (Å²) in [4.78, 5) is 45.6. The summed E-state index contributed by atoms with van der Waals surface area (Å²) in [6, 6.07) is 54.6. The quantitative estimate of drug-likeness (QED) is 0.0268. The van der Waals surface area contributed by atoms with Crippen molar-refractivity contribution in [3.05, 3.63) is 168 Å². The van der Waals surface area contributed by atoms with Crippen LogP contribution in [0.1, 0.15) is 82.9 Å². The van der Waals surface area contributed by atoms with Crippen molar-refractivity contribution in [2.45, 2.75) is 97.4 Å². The van der Waals surface area contributed by atoms with Crippen molar-refractivity contribution in [1.82, 2.24) is 44.6 Å². The Morgan fingerprint density at radius 1 is 0.402 bits per heavy atom. The summed E-state index contributed by atoms with van der Waals surface area (Å²) < 4.78 is 21.7. The first-order chi connectivity index (χ1) is 56.5. The highest BCUT2D eigenvalue weighted by atomic mass is 16.5. The van der Waals surface area contributed by atoms with Crippen LogP contribution >= 0.6 is 0 Å². The zero-order chi connectivity index (χ0) is 78.1. The maximum atomic E-state index is 5.47. The van der Waals surface area contributed by atoms with Crippen LogP contribution in [0.15, 0.2) is 152 Å². The number of rotatable bonds is 24. The van der Waals surface area contributed by atoms with Gasteiger partial charge in [-0.25, -0.2) is 0 Å². The Bertz CT molecular complexity index is 4550. The number of anilines is 19. The van der Waals surface area contributed by atoms with E-state index in [1.54, 1.807) is 7.11 Å². The van der Waals surface area contributed by atoms with Gasteiger partial charge in [-0.3, -0.25) is 9.80 Å². The highest BCUT2D eigenvalue weighted by Crippen LogP contribution is 2.39. The van der Waals surface area contributed by atoms with Gasteiger partial charge in [-0.15, -0.1) is 0 Å². The molecule has 9 aromatic rings. The largest absolute Gasteiger partial charge is 0.497 e. The number of nitrogens with one attached hydrogen (secondary N) is 12. The van der Waals surface area contributed by atoms with Gasteiger partial charge < -0.3 is 107 Å². The van der Waals surface area contributed by atoms with Gasteiger partial charge >= 0.3 is 0 Å². The van der Waals surface area contributed by atoms with Crippen LogP contribution in [0.4, 0.5) is 110 Å². The van der Waals surface area contributed by atoms with Gasteiger partial charge in [0.25, 0.3) is 0 Å². The van der Waals surface area contributed by atoms with Crippen molar-refractivity contribution in [2.24, 2.45) is 0 Å². The van der Waals surface area contributed by atoms with Gasteiger partial charge in [-0.05, 0) is 158 Å². The molecule has 0 amide bonds. The summed E-state index contributed by atoms with van der Waals surface area (Å²) in [7, 11) is 5.86. The minimum Gasteiger partial charge on any atom is -0.497 e. The predicted octanol–water partition coefficient (Wildman–Crippen LogP) is 13.7. The first kappa shape index (κ1) is 82.4. The van der Waals surface area contributed by atoms with Crippen molar-refractivity contribution in [3.8, 4) is 5.75 Å². The minimum atomic E-state index is 0. The Morgan fingerprint density at radius 2 is 0.735 bits per heavy atom. The second-order valence-corrected chi connectivity index (χ2v) is 31.1. The second kappa shape index (κ2) is 40.2. The predicted molar refractivity (Wildman–Crippen MR) is 480 cm³/mol. The van der Waals surface area contributed by atoms with E-state index >= 15 is 0 Å². The number of morpholine rings is 3. The summed E-state index contributed by atoms with van der Waals surface area (Å²) in [6.07, 6.45) is 6.47. The standard InChI is InChI=1S/C29H39N9O.C29H38N8O.C28H36N8O2.2CH4/c1-36(2)24-7-3-21(4-8-24)19-37-13-11-23(12-14-37)32-28-26-27(31-20-30-26)34-29(35-28)33-22-5-9-25(10-6-22)38-15-17-39-18-16-38;1-21(22-5-3-2-4-6-22)19-36-13-11-24(12-14-36)32-28-26-27(31-20-30-26)34-29(35-28)33-23-7-9-25(10-8-23)37-15-17-38-18-16-37;1-37-24-8-2-20(3-9-24)18-35-12-10-22(11-13-35)31-27-25-26(30-19-29-25)33-28(34-27)32-21-4-6-23(7-5-21)36-14-16-38-17-15-36;;/h3-10,23,30H,11-20H2,1-2H3,(H3,31,32,33,34,35);2-10,21,24,30H,11-20H2,1H3,(H3,31,32,33,34,35);2-9,22,29H,10-19H2,1H3,(H3,30,31,32,33,34);2*1H4. The average molecular weight is 1590 g/mol. The number of benzene rings is 6. The molecule has 0 radical (unpaired) electrons. The SMILES string of the molecule is C.C.CC(CN1CCC(Nc2nc(Nc3ccc(N4CCOCC4)cc3)nc3c2NCN3)CC1)c1ccccc1.CN(C)c1ccc(CN2CCC(Nc3nc(Nc4ccc(N5CCOCC5)cc4)nc4c3NCN4)CC2)cc1.COc1ccc(CN2CCC(Nc3nc(Nc4ccc(N5CCOCC5)cc4)nc4c3NCN4)CC2)cc1. The molecule has 6 aromatic carbocycles. The maximum absolute atomic E-state index is 5.47. The summed E-state index contributed by atoms with van der Waals surface area (Å²) in [5.74, 6) is 8.27. The molecule has 622 valence electrons. The van der Waals surface area contributed by atoms with Crippen molar-refractivity contribution < 1.29 is 18.9 Å². The summed E-state index contributed by atoms with van der Waals surface area (Å²) in [5, 5.41) is 41.5. The van der Waals surface area contributed by atoms with Crippen molar-refractivity contribution in [2.75, 3.05) is 249 Å². The third-order valence-corrected chi connectivity index (χ3v) is 22.9. The van der Waals surface area contributed by atoms with Gasteiger partial charge in [0.05, 0.1) is 66.8 Å². The van der Waals surface area contributed by atoms with Crippen LogP contribution in [0.3, 0.4) is 0 Å². The molecule has 9 aliphatic heterocycles. The topological polar surface area (TPSA) is 281 Å². The first-order valence-electron chi connectivity index (χ1n) is 41.2. The molecule has 29 heteroatoms. The molecule has 1 unspecified atom stereocenters. The van der Waals surface area contributed by atoms with E-state index in [0.29, 0.717) is 61.9 Å². The fourth-order valence-electron chi connectivity index (χ4n) is 16.2. The van der Waals surface area contributed by atoms with Crippen LogP contribution < -0.4 is 88.1 Å². The number of piperidine rings is 3. The molecule has 12 N–H and O–H groups in total. The zero-order valence-electron chi connectivity index (χ0n) is 66.9. The van der Waals surface area contributed by atoms with Gasteiger partial charge in [0.1, 0.15) is 22.8 Å². The molecule has 18 rings (SSSR count). The Kier molecular flexibility index (Phi) is 28.3. The molecule has 29 nitrogen and oxygen atoms in total. The van der Waals surface area contributed by atoms with Gasteiger partial charge in [0, 0.05) is 170 Å². The van der Waals surface area contributed by atoms with Crippen LogP contribution in [-0.2, 0) is 27.3 Å². The lowest BCUT2D eigenvalue weighted by Crippen LogP contribution is -2.40. The number of hydrogen-bond donors (Lipinski definition) is 12. The molecule has 0 bridgehead atoms. The zero-order valence-corrected chi connectivity index (χ0v) is 66.9. The van der Waals surface area contributed by atoms with Crippen molar-refractivity contribution in [1.29, 1.82) is 0 Å². The molecule has 1 atom stereocenters. The molecular formula is C88H121N25O4. The van der Waals surface area contributed by atoms with E-state index in [2.05, 4.69) is 259 Å². The molecular weight excluding hydrogens is 1470 g/mol. The number of nitrogens with zero attached hydrogens (tertiary/aromatic N) is 13. The molecule has 9 aliphatic rings. The number of ether oxygens (including phenoxy) is 4. The lowest BCUT2D eigenvalue weighted by molar-refractivity contribution is 0.122. The fraction of sp³-hybridized carbons (Fsp3) is 0.455. The Labute approximate surface area is 690 Å². The summed E-state index contributed by atoms with van der Waals surface area (Å²) >= 11 is 0. The van der Waals surface area contributed by atoms with E-state index in [9.17, 15) is 0 Å². The van der Waals surface area contributed by atoms with Crippen LogP contribution in [0.25, 0.3) is 0 Å². The van der Waals surface area contributed by atoms with Gasteiger partial charge in [-0.2, -0.15) is 29.9 Å². The molecule has 0 saturated carbocycles. The van der Waals surface area contributed by atoms with Crippen LogP contribution in [0, 0.1) is 0 Å². The molecule has 6 saturated heterocycles. The molecule has 0 spiro atoms. The smallest absolute Gasteiger partial charge is 0.231 e. The van der Waals surface area contributed by atoms with E-state index in [1.807, 2.05) is 12.1 Å². The van der Waals surface area contributed by atoms with Gasteiger partial charge in [-0.1, -0.05) is 76.4 Å². The summed E-state index contributed by atoms with van der Waals surface area (Å²) in [6.45, 7) is 24.0. The number of likely N-dealkylation sites (tertiary alicyclic amines) is 3. The molecule has 117 heavy (non-hydrogen) atoms. The molecule has 3 aromatic heterocycles. The monoisotopic (exact) mass is 1590 g/mol. The maximum Gasteiger partial charge on any atom is 0.231 e. The van der Waals surface area contributed by atoms with E-state index in [4.69, 9.17) is 48.9 Å². The fourth-order valence-corrected chi connectivity index (χ4v) is 16.2. The van der Waals surface area contributed by atoms with E-state index in [1.165, 1.54) is 39.4 Å². The van der Waals surface area contributed by atoms with Crippen LogP contribution in [0.2, 0.25) is 0 Å². The van der Waals surface area contributed by atoms with E-state index in [0.717, 1.165) is 251 Å². The first-order valence-corrected chi connectivity index (χ1v) is 41.2. The average Bonchev–Trinajstić information content (AvgIpc) is 1.73. The van der Waals surface area contributed by atoms with Crippen molar-refractivity contribution >= 4 is 110 Å². The lowest BCUT2D eigenvalue weighted by atomic mass is 9.98. The Morgan fingerprint density at radius 3 is 1.07 bits per heavy atom. The Balaban J connectivity index is 0.000000143. The highest BCUT2D eigenvalue weighted by molar-refractivity contribution is 5.85. The second-order valence-electron chi connectivity index (χ2n) is 31.1. The van der Waals surface area contributed by atoms with E-state index in [-0.39, 0.29) is 14.9 Å². The molecule has 0 aliphatic carbocycles. The van der Waals surface area contributed by atoms with Gasteiger partial charge in [0.15, 0.2) is 34.9 Å². The number of hydrogen-bond acceptors (Lipinski definition) is 29. The minimum absolute atomic E-state index is 0. The van der Waals surface area contributed by atoms with E-state index < -0.39 is 0 Å². The number of methoxy groups -OCH3 is 1. The molecule has 6 fully saturated rings. The third-order valence-electron chi connectivity index (χ3n) is 22.9. The van der Waals surface area contributed by atoms with Crippen LogP contribution in [0.5, 0.6) is 5.75 Å². The van der Waals surface area contributed by atoms with Gasteiger partial charge in [0.2, 0.25) is 17.8 Å². The molecule has 12 heterocycles. The number of aromatic nitrogens is 6. The number of fused-ring (bicyclic) bond motifs is 3. The lowest BCUT2D eigenvalue weighted by Gasteiger charge is -2.34. The third kappa shape index (κ3) is 22.0.